The van der Waals surface area contributed by atoms with Crippen LogP contribution in [-0.4, -0.2) is 34.6 Å². The van der Waals surface area contributed by atoms with Crippen LogP contribution in [0.25, 0.3) is 0 Å². The van der Waals surface area contributed by atoms with Gasteiger partial charge in [0, 0.05) is 12.1 Å². The molecule has 0 saturated carbocycles. The van der Waals surface area contributed by atoms with Gasteiger partial charge in [-0.05, 0) is 61.3 Å². The van der Waals surface area contributed by atoms with Crippen molar-refractivity contribution < 1.29 is 14.3 Å². The summed E-state index contributed by atoms with van der Waals surface area (Å²) in [6, 6.07) is 7.46. The van der Waals surface area contributed by atoms with Crippen LogP contribution >= 0.6 is 0 Å². The molecule has 3 aliphatic rings. The van der Waals surface area contributed by atoms with E-state index in [0.29, 0.717) is 24.4 Å². The van der Waals surface area contributed by atoms with Crippen molar-refractivity contribution in [2.75, 3.05) is 6.61 Å². The fraction of sp³-hybridized carbons (Fsp3) is 0.476. The zero-order valence-electron chi connectivity index (χ0n) is 14.3. The fourth-order valence-electron chi connectivity index (χ4n) is 4.70. The second-order valence-corrected chi connectivity index (χ2v) is 7.49. The van der Waals surface area contributed by atoms with Crippen LogP contribution in [-0.2, 0) is 4.79 Å². The van der Waals surface area contributed by atoms with Gasteiger partial charge in [0.2, 0.25) is 5.91 Å². The summed E-state index contributed by atoms with van der Waals surface area (Å²) in [7, 11) is 0. The van der Waals surface area contributed by atoms with Crippen molar-refractivity contribution in [2.45, 2.75) is 50.1 Å². The quantitative estimate of drug-likeness (QED) is 0.913. The van der Waals surface area contributed by atoms with Crippen molar-refractivity contribution in [1.82, 2.24) is 4.90 Å². The molecule has 2 fully saturated rings. The number of aliphatic hydroxyl groups is 1. The molecule has 4 heteroatoms. The van der Waals surface area contributed by atoms with Crippen LogP contribution in [0.15, 0.2) is 48.1 Å². The van der Waals surface area contributed by atoms with Crippen LogP contribution in [0.1, 0.15) is 43.6 Å². The Morgan fingerprint density at radius 1 is 1.16 bits per heavy atom. The summed E-state index contributed by atoms with van der Waals surface area (Å²) in [6.45, 7) is 0.0335. The van der Waals surface area contributed by atoms with Gasteiger partial charge in [0.15, 0.2) is 0 Å². The maximum Gasteiger partial charge on any atom is 0.230 e. The van der Waals surface area contributed by atoms with E-state index < -0.39 is 0 Å². The van der Waals surface area contributed by atoms with Crippen molar-refractivity contribution in [3.63, 3.8) is 0 Å². The normalized spacial score (nSPS) is 31.1. The van der Waals surface area contributed by atoms with E-state index in [1.165, 1.54) is 17.7 Å². The molecule has 2 saturated heterocycles. The van der Waals surface area contributed by atoms with Gasteiger partial charge in [0.1, 0.15) is 5.82 Å². The number of hydrogen-bond acceptors (Lipinski definition) is 2. The molecule has 2 aliphatic heterocycles. The minimum atomic E-state index is -0.196. The molecule has 3 nitrogen and oxygen atoms in total. The van der Waals surface area contributed by atoms with Crippen LogP contribution in [0, 0.1) is 11.7 Å². The van der Waals surface area contributed by atoms with Crippen molar-refractivity contribution in [3.05, 3.63) is 59.4 Å². The van der Waals surface area contributed by atoms with Gasteiger partial charge in [-0.25, -0.2) is 4.39 Å². The number of carbonyl (C=O) groups is 1. The van der Waals surface area contributed by atoms with Crippen LogP contribution in [0.5, 0.6) is 0 Å². The van der Waals surface area contributed by atoms with Gasteiger partial charge in [-0.3, -0.25) is 4.79 Å². The summed E-state index contributed by atoms with van der Waals surface area (Å²) in [5, 5.41) is 9.17. The average molecular weight is 341 g/mol. The Morgan fingerprint density at radius 2 is 1.84 bits per heavy atom. The standard InChI is InChI=1S/C21H24FNO2/c22-18-7-5-15(6-8-18)17-11-19-9-10-20(12-17)23(19)21(25)16-3-1-14(13-24)2-4-16/h1-3,5-8,16-17,19-20,24H,4,9-13H2/t16?,17?,19-,20+. The van der Waals surface area contributed by atoms with Gasteiger partial charge in [-0.15, -0.1) is 0 Å². The van der Waals surface area contributed by atoms with Gasteiger partial charge < -0.3 is 10.0 Å². The van der Waals surface area contributed by atoms with E-state index in [9.17, 15) is 14.3 Å². The van der Waals surface area contributed by atoms with Gasteiger partial charge in [-0.2, -0.15) is 0 Å². The first kappa shape index (κ1) is 16.5. The molecule has 4 atom stereocenters. The molecular weight excluding hydrogens is 317 g/mol. The summed E-state index contributed by atoms with van der Waals surface area (Å²) >= 11 is 0. The highest BCUT2D eigenvalue weighted by molar-refractivity contribution is 5.82. The number of carbonyl (C=O) groups excluding carboxylic acids is 1. The zero-order valence-corrected chi connectivity index (χ0v) is 14.3. The van der Waals surface area contributed by atoms with Crippen molar-refractivity contribution in [2.24, 2.45) is 5.92 Å². The third-order valence-corrected chi connectivity index (χ3v) is 6.01. The zero-order chi connectivity index (χ0) is 17.4. The van der Waals surface area contributed by atoms with Crippen molar-refractivity contribution >= 4 is 5.91 Å². The van der Waals surface area contributed by atoms with E-state index in [2.05, 4.69) is 4.90 Å². The Labute approximate surface area is 147 Å². The lowest BCUT2D eigenvalue weighted by Gasteiger charge is -2.40. The number of fused-ring (bicyclic) bond motifs is 2. The molecule has 0 radical (unpaired) electrons. The van der Waals surface area contributed by atoms with Gasteiger partial charge in [-0.1, -0.05) is 30.4 Å². The highest BCUT2D eigenvalue weighted by atomic mass is 19.1. The predicted octanol–water partition coefficient (Wildman–Crippen LogP) is 3.56. The Bertz CT molecular complexity index is 695. The summed E-state index contributed by atoms with van der Waals surface area (Å²) < 4.78 is 13.2. The topological polar surface area (TPSA) is 40.5 Å². The molecule has 1 aromatic rings. The second-order valence-electron chi connectivity index (χ2n) is 7.49. The molecule has 132 valence electrons. The number of piperidine rings is 1. The number of aliphatic hydroxyl groups excluding tert-OH is 1. The maximum atomic E-state index is 13.2. The Morgan fingerprint density at radius 3 is 2.40 bits per heavy atom. The summed E-state index contributed by atoms with van der Waals surface area (Å²) in [4.78, 5) is 15.2. The molecule has 1 aliphatic carbocycles. The smallest absolute Gasteiger partial charge is 0.230 e. The Kier molecular flexibility index (Phi) is 4.46. The van der Waals surface area contributed by atoms with Crippen molar-refractivity contribution in [1.29, 1.82) is 0 Å². The van der Waals surface area contributed by atoms with Crippen LogP contribution in [0.4, 0.5) is 4.39 Å². The largest absolute Gasteiger partial charge is 0.392 e. The van der Waals surface area contributed by atoms with Crippen LogP contribution in [0.3, 0.4) is 0 Å². The van der Waals surface area contributed by atoms with E-state index in [1.54, 1.807) is 0 Å². The molecule has 2 bridgehead atoms. The van der Waals surface area contributed by atoms with E-state index >= 15 is 0 Å². The molecule has 0 spiro atoms. The van der Waals surface area contributed by atoms with E-state index in [-0.39, 0.29) is 24.2 Å². The minimum absolute atomic E-state index is 0.0335. The highest BCUT2D eigenvalue weighted by Gasteiger charge is 2.44. The Balaban J connectivity index is 1.46. The monoisotopic (exact) mass is 341 g/mol. The molecule has 0 aromatic heterocycles. The summed E-state index contributed by atoms with van der Waals surface area (Å²) in [5.41, 5.74) is 2.08. The van der Waals surface area contributed by atoms with E-state index in [0.717, 1.165) is 31.3 Å². The first-order chi connectivity index (χ1) is 12.2. The number of rotatable bonds is 3. The number of halogens is 1. The molecule has 2 unspecified atom stereocenters. The lowest BCUT2D eigenvalue weighted by atomic mass is 9.84. The van der Waals surface area contributed by atoms with Gasteiger partial charge in [0.25, 0.3) is 0 Å². The van der Waals surface area contributed by atoms with Gasteiger partial charge in [0.05, 0.1) is 12.5 Å². The fourth-order valence-corrected chi connectivity index (χ4v) is 4.70. The lowest BCUT2D eigenvalue weighted by Crippen LogP contribution is -2.48. The second kappa shape index (κ2) is 6.75. The molecule has 4 rings (SSSR count). The van der Waals surface area contributed by atoms with Crippen molar-refractivity contribution in [3.8, 4) is 0 Å². The SMILES string of the molecule is O=C(C1C=CC(CO)=CC1)N1[C@@H]2CC[C@H]1CC(c1ccc(F)cc1)C2. The molecule has 1 N–H and O–H groups in total. The molecule has 2 heterocycles. The average Bonchev–Trinajstić information content (AvgIpc) is 2.91. The third-order valence-electron chi connectivity index (χ3n) is 6.01. The molecule has 25 heavy (non-hydrogen) atoms. The Hall–Kier alpha value is -1.94. The summed E-state index contributed by atoms with van der Waals surface area (Å²) in [6.07, 6.45) is 10.6. The highest BCUT2D eigenvalue weighted by Crippen LogP contribution is 2.44. The van der Waals surface area contributed by atoms with E-state index in [1.807, 2.05) is 30.4 Å². The number of nitrogens with zero attached hydrogens (tertiary/aromatic N) is 1. The third kappa shape index (κ3) is 3.15. The first-order valence-electron chi connectivity index (χ1n) is 9.21. The number of amides is 1. The first-order valence-corrected chi connectivity index (χ1v) is 9.21. The number of benzene rings is 1. The lowest BCUT2D eigenvalue weighted by molar-refractivity contribution is -0.138. The number of hydrogen-bond donors (Lipinski definition) is 1. The molecule has 1 amide bonds. The molecule has 1 aromatic carbocycles. The van der Waals surface area contributed by atoms with Crippen LogP contribution < -0.4 is 0 Å². The van der Waals surface area contributed by atoms with E-state index in [4.69, 9.17) is 0 Å². The predicted molar refractivity (Wildman–Crippen MR) is 94.4 cm³/mol. The summed E-state index contributed by atoms with van der Waals surface area (Å²) in [5.74, 6) is 0.360. The van der Waals surface area contributed by atoms with Gasteiger partial charge >= 0.3 is 0 Å². The molecular formula is C21H24FNO2. The maximum absolute atomic E-state index is 13.2. The van der Waals surface area contributed by atoms with Crippen LogP contribution in [0.2, 0.25) is 0 Å². The minimum Gasteiger partial charge on any atom is -0.392 e. The number of allylic oxidation sites excluding steroid dienone is 1.